The molecular weight excluding hydrogens is 358 g/mol. The first-order chi connectivity index (χ1) is 12.7. The highest BCUT2D eigenvalue weighted by molar-refractivity contribution is 7.91. The summed E-state index contributed by atoms with van der Waals surface area (Å²) in [7, 11) is -1.90. The average molecular weight is 379 g/mol. The number of carbonyl (C=O) groups is 1. The van der Waals surface area contributed by atoms with Crippen LogP contribution in [-0.2, 0) is 20.0 Å². The van der Waals surface area contributed by atoms with Crippen LogP contribution >= 0.6 is 0 Å². The standard InChI is InChI=1S/C22H21NO3S/c1-15-8-11-17(12-9-15)27(25,26)14-22(2)19-13-10-16-6-4-5-7-18(16)20(19)23(3)21(22)24/h4-13H,14H2,1-3H3. The van der Waals surface area contributed by atoms with Crippen molar-refractivity contribution in [1.82, 2.24) is 0 Å². The number of anilines is 1. The van der Waals surface area contributed by atoms with E-state index in [4.69, 9.17) is 0 Å². The van der Waals surface area contributed by atoms with Gasteiger partial charge in [0, 0.05) is 12.4 Å². The van der Waals surface area contributed by atoms with E-state index in [0.29, 0.717) is 0 Å². The molecule has 1 unspecified atom stereocenters. The molecule has 1 heterocycles. The lowest BCUT2D eigenvalue weighted by molar-refractivity contribution is -0.121. The molecule has 3 aromatic rings. The smallest absolute Gasteiger partial charge is 0.238 e. The molecule has 0 saturated carbocycles. The predicted octanol–water partition coefficient (Wildman–Crippen LogP) is 3.86. The first kappa shape index (κ1) is 17.7. The summed E-state index contributed by atoms with van der Waals surface area (Å²) in [5.41, 5.74) is 1.45. The normalized spacial score (nSPS) is 19.5. The Bertz CT molecular complexity index is 1170. The van der Waals surface area contributed by atoms with Crippen molar-refractivity contribution >= 4 is 32.2 Å². The second kappa shape index (κ2) is 5.92. The monoisotopic (exact) mass is 379 g/mol. The summed E-state index contributed by atoms with van der Waals surface area (Å²) in [6.45, 7) is 3.65. The fourth-order valence-electron chi connectivity index (χ4n) is 4.00. The molecule has 5 heteroatoms. The number of fused-ring (bicyclic) bond motifs is 3. The van der Waals surface area contributed by atoms with Crippen LogP contribution < -0.4 is 4.90 Å². The fraction of sp³-hybridized carbons (Fsp3) is 0.227. The zero-order valence-electron chi connectivity index (χ0n) is 15.6. The van der Waals surface area contributed by atoms with Crippen LogP contribution in [0.15, 0.2) is 65.6 Å². The Kier molecular flexibility index (Phi) is 3.89. The van der Waals surface area contributed by atoms with Crippen molar-refractivity contribution in [2.24, 2.45) is 0 Å². The van der Waals surface area contributed by atoms with Crippen molar-refractivity contribution < 1.29 is 13.2 Å². The number of hydrogen-bond donors (Lipinski definition) is 0. The number of nitrogens with zero attached hydrogens (tertiary/aromatic N) is 1. The first-order valence-electron chi connectivity index (χ1n) is 8.84. The summed E-state index contributed by atoms with van der Waals surface area (Å²) >= 11 is 0. The molecule has 138 valence electrons. The summed E-state index contributed by atoms with van der Waals surface area (Å²) in [4.78, 5) is 15.0. The van der Waals surface area contributed by atoms with Crippen LogP contribution in [-0.4, -0.2) is 27.1 Å². The topological polar surface area (TPSA) is 54.5 Å². The van der Waals surface area contributed by atoms with Crippen molar-refractivity contribution in [2.75, 3.05) is 17.7 Å². The Hall–Kier alpha value is -2.66. The van der Waals surface area contributed by atoms with Gasteiger partial charge >= 0.3 is 0 Å². The number of hydrogen-bond acceptors (Lipinski definition) is 3. The molecule has 0 N–H and O–H groups in total. The molecule has 1 atom stereocenters. The maximum atomic E-state index is 13.2. The van der Waals surface area contributed by atoms with E-state index in [1.54, 1.807) is 43.1 Å². The third-order valence-corrected chi connectivity index (χ3v) is 7.41. The number of rotatable bonds is 3. The molecule has 1 aliphatic heterocycles. The molecule has 0 bridgehead atoms. The van der Waals surface area contributed by atoms with Gasteiger partial charge in [0.05, 0.1) is 21.8 Å². The van der Waals surface area contributed by atoms with E-state index in [2.05, 4.69) is 0 Å². The lowest BCUT2D eigenvalue weighted by Crippen LogP contribution is -2.41. The minimum absolute atomic E-state index is 0.190. The second-order valence-electron chi connectivity index (χ2n) is 7.45. The third-order valence-electron chi connectivity index (χ3n) is 5.47. The molecule has 0 spiro atoms. The van der Waals surface area contributed by atoms with Gasteiger partial charge in [0.25, 0.3) is 0 Å². The Labute approximate surface area is 159 Å². The number of sulfone groups is 1. The van der Waals surface area contributed by atoms with Crippen LogP contribution in [0, 0.1) is 6.92 Å². The van der Waals surface area contributed by atoms with E-state index >= 15 is 0 Å². The number of carbonyl (C=O) groups excluding carboxylic acids is 1. The van der Waals surface area contributed by atoms with Gasteiger partial charge in [0.2, 0.25) is 5.91 Å². The van der Waals surface area contributed by atoms with Crippen molar-refractivity contribution in [3.8, 4) is 0 Å². The lowest BCUT2D eigenvalue weighted by Gasteiger charge is -2.23. The van der Waals surface area contributed by atoms with E-state index < -0.39 is 15.3 Å². The molecule has 0 aromatic heterocycles. The number of amides is 1. The highest BCUT2D eigenvalue weighted by atomic mass is 32.2. The van der Waals surface area contributed by atoms with Crippen LogP contribution in [0.3, 0.4) is 0 Å². The zero-order valence-corrected chi connectivity index (χ0v) is 16.4. The van der Waals surface area contributed by atoms with Crippen LogP contribution in [0.4, 0.5) is 5.69 Å². The quantitative estimate of drug-likeness (QED) is 0.694. The Balaban J connectivity index is 1.85. The SMILES string of the molecule is Cc1ccc(S(=O)(=O)CC2(C)C(=O)N(C)c3c2ccc2ccccc32)cc1. The molecule has 0 fully saturated rings. The van der Waals surface area contributed by atoms with Gasteiger partial charge in [0.1, 0.15) is 0 Å². The largest absolute Gasteiger partial charge is 0.314 e. The molecule has 0 saturated heterocycles. The summed E-state index contributed by atoms with van der Waals surface area (Å²) < 4.78 is 26.1. The van der Waals surface area contributed by atoms with Crippen LogP contribution in [0.1, 0.15) is 18.1 Å². The number of aryl methyl sites for hydroxylation is 1. The lowest BCUT2D eigenvalue weighted by atomic mass is 9.85. The maximum absolute atomic E-state index is 13.2. The Morgan fingerprint density at radius 1 is 0.963 bits per heavy atom. The van der Waals surface area contributed by atoms with Crippen LogP contribution in [0.2, 0.25) is 0 Å². The van der Waals surface area contributed by atoms with Gasteiger partial charge in [-0.15, -0.1) is 0 Å². The molecular formula is C22H21NO3S. The van der Waals surface area contributed by atoms with Crippen molar-refractivity contribution in [3.63, 3.8) is 0 Å². The molecule has 4 rings (SSSR count). The third kappa shape index (κ3) is 2.65. The van der Waals surface area contributed by atoms with E-state index in [-0.39, 0.29) is 16.6 Å². The summed E-state index contributed by atoms with van der Waals surface area (Å²) in [5.74, 6) is -0.443. The summed E-state index contributed by atoms with van der Waals surface area (Å²) in [5, 5.41) is 1.99. The van der Waals surface area contributed by atoms with Gasteiger partial charge in [-0.3, -0.25) is 4.79 Å². The molecule has 0 aliphatic carbocycles. The van der Waals surface area contributed by atoms with Crippen LogP contribution in [0.5, 0.6) is 0 Å². The molecule has 0 radical (unpaired) electrons. The number of benzene rings is 3. The van der Waals surface area contributed by atoms with Crippen molar-refractivity contribution in [1.29, 1.82) is 0 Å². The van der Waals surface area contributed by atoms with Gasteiger partial charge in [0.15, 0.2) is 9.84 Å². The summed E-state index contributed by atoms with van der Waals surface area (Å²) in [6.07, 6.45) is 0. The van der Waals surface area contributed by atoms with Gasteiger partial charge in [-0.25, -0.2) is 8.42 Å². The fourth-order valence-corrected chi connectivity index (χ4v) is 5.75. The van der Waals surface area contributed by atoms with E-state index in [0.717, 1.165) is 27.6 Å². The average Bonchev–Trinajstić information content (AvgIpc) is 2.83. The van der Waals surface area contributed by atoms with Crippen molar-refractivity contribution in [2.45, 2.75) is 24.2 Å². The second-order valence-corrected chi connectivity index (χ2v) is 9.44. The van der Waals surface area contributed by atoms with Gasteiger partial charge in [-0.2, -0.15) is 0 Å². The molecule has 1 aliphatic rings. The highest BCUT2D eigenvalue weighted by Gasteiger charge is 2.49. The van der Waals surface area contributed by atoms with Crippen LogP contribution in [0.25, 0.3) is 10.8 Å². The molecule has 4 nitrogen and oxygen atoms in total. The minimum Gasteiger partial charge on any atom is -0.314 e. The van der Waals surface area contributed by atoms with E-state index in [1.807, 2.05) is 43.3 Å². The highest BCUT2D eigenvalue weighted by Crippen LogP contribution is 2.46. The van der Waals surface area contributed by atoms with Gasteiger partial charge < -0.3 is 4.90 Å². The zero-order chi connectivity index (χ0) is 19.4. The Morgan fingerprint density at radius 2 is 1.63 bits per heavy atom. The predicted molar refractivity (Wildman–Crippen MR) is 108 cm³/mol. The molecule has 1 amide bonds. The van der Waals surface area contributed by atoms with E-state index in [9.17, 15) is 13.2 Å². The molecule has 27 heavy (non-hydrogen) atoms. The minimum atomic E-state index is -3.62. The van der Waals surface area contributed by atoms with Gasteiger partial charge in [-0.1, -0.05) is 54.1 Å². The van der Waals surface area contributed by atoms with Gasteiger partial charge in [-0.05, 0) is 36.9 Å². The molecule has 3 aromatic carbocycles. The first-order valence-corrected chi connectivity index (χ1v) is 10.5. The maximum Gasteiger partial charge on any atom is 0.238 e. The summed E-state index contributed by atoms with van der Waals surface area (Å²) in [6, 6.07) is 18.5. The van der Waals surface area contributed by atoms with Crippen molar-refractivity contribution in [3.05, 3.63) is 71.8 Å². The van der Waals surface area contributed by atoms with E-state index in [1.165, 1.54) is 0 Å². The Morgan fingerprint density at radius 3 is 2.33 bits per heavy atom. The number of likely N-dealkylation sites (N-methyl/N-ethyl adjacent to an activating group) is 1.